The lowest BCUT2D eigenvalue weighted by atomic mass is 9.46. The molecule has 8 aliphatic carbocycles. The smallest absolute Gasteiger partial charge is 0.295 e. The first-order valence-corrected chi connectivity index (χ1v) is 25.1. The van der Waals surface area contributed by atoms with Gasteiger partial charge in [0.1, 0.15) is 36.0 Å². The number of aliphatic hydroxyl groups excluding tert-OH is 2. The van der Waals surface area contributed by atoms with Gasteiger partial charge in [-0.15, -0.1) is 0 Å². The Morgan fingerprint density at radius 1 is 0.638 bits per heavy atom. The molecule has 0 aliphatic heterocycles. The minimum atomic E-state index is -1.62. The summed E-state index contributed by atoms with van der Waals surface area (Å²) in [7, 11) is 11.6. The summed E-state index contributed by atoms with van der Waals surface area (Å²) in [5, 5.41) is 45.6. The highest BCUT2D eigenvalue weighted by Gasteiger charge is 2.70. The van der Waals surface area contributed by atoms with Crippen molar-refractivity contribution in [2.24, 2.45) is 68.1 Å². The molecule has 12 atom stereocenters. The van der Waals surface area contributed by atoms with Crippen LogP contribution in [0.5, 0.6) is 0 Å². The molecular weight excluding hydrogens is 885 g/mol. The van der Waals surface area contributed by atoms with Crippen LogP contribution in [0.2, 0.25) is 0 Å². The van der Waals surface area contributed by atoms with Crippen LogP contribution in [0, 0.1) is 57.2 Å². The van der Waals surface area contributed by atoms with Crippen molar-refractivity contribution in [3.8, 4) is 0 Å². The average Bonchev–Trinajstić information content (AvgIpc) is 3.69. The maximum atomic E-state index is 13.7. The zero-order chi connectivity index (χ0) is 51.5. The van der Waals surface area contributed by atoms with Crippen molar-refractivity contribution in [3.63, 3.8) is 0 Å². The Hall–Kier alpha value is -3.84. The molecule has 69 heavy (non-hydrogen) atoms. The van der Waals surface area contributed by atoms with Crippen LogP contribution < -0.4 is 16.7 Å². The van der Waals surface area contributed by atoms with E-state index < -0.39 is 46.8 Å². The number of allylic oxidation sites excluding steroid dienone is 3. The van der Waals surface area contributed by atoms with E-state index in [1.165, 1.54) is 5.57 Å². The number of ketones is 5. The molecule has 0 aromatic carbocycles. The van der Waals surface area contributed by atoms with E-state index in [1.54, 1.807) is 6.08 Å². The molecule has 0 radical (unpaired) electrons. The fourth-order valence-corrected chi connectivity index (χ4v) is 15.1. The number of hydrogen-bond donors (Lipinski definition) is 7. The van der Waals surface area contributed by atoms with E-state index in [1.807, 2.05) is 56.1 Å². The number of quaternary nitrogens is 2. The third-order valence-electron chi connectivity index (χ3n) is 18.6. The highest BCUT2D eigenvalue weighted by atomic mass is 16.3. The SMILES string of the molecule is C[C@]12CC/C(=N/NC(=O)C[N+](C)(C)C)C=C1CC[C@@H]1[C@@H]2C(=O)C[C@@]2(C)[C@H]1CC[C@]2(O)C(=O)CO.C[C@]12CCC(=O)C=C1CC[C@@H]1[C@@H]2C(=O)C[C@@]2(C)[C@H]1CC[C@]2(O)C(=O)CO.C[N+](C)(C)CC(=O)NN. The fourth-order valence-electron chi connectivity index (χ4n) is 15.1. The number of hydrazine groups is 1. The summed E-state index contributed by atoms with van der Waals surface area (Å²) < 4.78 is 1.13. The number of aliphatic hydroxyl groups is 4. The Morgan fingerprint density at radius 2 is 1.06 bits per heavy atom. The van der Waals surface area contributed by atoms with Crippen LogP contribution in [-0.4, -0.2) is 156 Å². The predicted octanol–water partition coefficient (Wildman–Crippen LogP) is 2.27. The van der Waals surface area contributed by atoms with Crippen LogP contribution >= 0.6 is 0 Å². The van der Waals surface area contributed by atoms with Gasteiger partial charge in [0.2, 0.25) is 0 Å². The molecule has 0 unspecified atom stereocenters. The van der Waals surface area contributed by atoms with E-state index >= 15 is 0 Å². The van der Waals surface area contributed by atoms with E-state index in [9.17, 15) is 54.0 Å². The lowest BCUT2D eigenvalue weighted by Gasteiger charge is -2.57. The number of rotatable bonds is 9. The summed E-state index contributed by atoms with van der Waals surface area (Å²) in [5.74, 6) is 4.08. The third kappa shape index (κ3) is 9.79. The Kier molecular flexibility index (Phi) is 15.2. The quantitative estimate of drug-likeness (QED) is 0.0760. The molecule has 0 bridgehead atoms. The first kappa shape index (κ1) is 54.5. The Balaban J connectivity index is 0.000000197. The topological polar surface area (TPSA) is 263 Å². The van der Waals surface area contributed by atoms with E-state index in [0.29, 0.717) is 67.0 Å². The van der Waals surface area contributed by atoms with Crippen LogP contribution in [-0.2, 0) is 33.6 Å². The summed E-state index contributed by atoms with van der Waals surface area (Å²) in [6.45, 7) is 7.43. The first-order chi connectivity index (χ1) is 31.9. The monoisotopic (exact) mass is 967 g/mol. The number of carbonyl (C=O) groups excluding carboxylic acids is 7. The van der Waals surface area contributed by atoms with Crippen molar-refractivity contribution in [1.82, 2.24) is 10.9 Å². The molecule has 384 valence electrons. The summed E-state index contributed by atoms with van der Waals surface area (Å²) in [4.78, 5) is 86.5. The number of fused-ring (bicyclic) bond motifs is 10. The number of carbonyl (C=O) groups is 7. The molecule has 8 rings (SSSR count). The molecule has 0 spiro atoms. The van der Waals surface area contributed by atoms with E-state index in [4.69, 9.17) is 5.84 Å². The maximum absolute atomic E-state index is 13.7. The number of nitrogens with two attached hydrogens (primary N) is 1. The molecule has 0 saturated heterocycles. The van der Waals surface area contributed by atoms with Crippen LogP contribution in [0.1, 0.15) is 118 Å². The predicted molar refractivity (Wildman–Crippen MR) is 257 cm³/mol. The van der Waals surface area contributed by atoms with E-state index in [2.05, 4.69) is 35.9 Å². The summed E-state index contributed by atoms with van der Waals surface area (Å²) >= 11 is 0. The first-order valence-electron chi connectivity index (χ1n) is 25.1. The molecule has 8 N–H and O–H groups in total. The third-order valence-corrected chi connectivity index (χ3v) is 18.6. The van der Waals surface area contributed by atoms with Gasteiger partial charge in [-0.25, -0.2) is 11.3 Å². The molecule has 0 heterocycles. The van der Waals surface area contributed by atoms with Gasteiger partial charge in [-0.05, 0) is 117 Å². The number of nitrogens with zero attached hydrogens (tertiary/aromatic N) is 3. The van der Waals surface area contributed by atoms with Gasteiger partial charge < -0.3 is 29.4 Å². The van der Waals surface area contributed by atoms with Crippen molar-refractivity contribution in [3.05, 3.63) is 23.3 Å². The highest BCUT2D eigenvalue weighted by Crippen LogP contribution is 2.68. The molecule has 6 fully saturated rings. The number of Topliss-reactive ketones (excluding diaryl/α,β-unsaturated/α-hetero) is 4. The number of hydrogen-bond acceptors (Lipinski definition) is 13. The Labute approximate surface area is 407 Å². The lowest BCUT2D eigenvalue weighted by Crippen LogP contribution is -2.61. The fraction of sp³-hybridized carbons (Fsp3) is 0.769. The van der Waals surface area contributed by atoms with Crippen molar-refractivity contribution < 1.29 is 63.0 Å². The van der Waals surface area contributed by atoms with Crippen LogP contribution in [0.3, 0.4) is 0 Å². The number of amides is 2. The lowest BCUT2D eigenvalue weighted by molar-refractivity contribution is -0.862. The normalized spacial score (nSPS) is 39.5. The Bertz CT molecular complexity index is 2210. The van der Waals surface area contributed by atoms with Crippen molar-refractivity contribution >= 4 is 46.4 Å². The molecule has 2 amide bonds. The number of nitrogens with one attached hydrogen (secondary N) is 2. The van der Waals surface area contributed by atoms with Gasteiger partial charge >= 0.3 is 0 Å². The number of likely N-dealkylation sites (N-methyl/N-ethyl adjacent to an activating group) is 2. The molecule has 17 heteroatoms. The average molecular weight is 967 g/mol. The zero-order valence-corrected chi connectivity index (χ0v) is 42.9. The molecule has 8 aliphatic rings. The second-order valence-electron chi connectivity index (χ2n) is 24.9. The van der Waals surface area contributed by atoms with Gasteiger partial charge in [-0.1, -0.05) is 38.8 Å². The van der Waals surface area contributed by atoms with E-state index in [0.717, 1.165) is 43.4 Å². The van der Waals surface area contributed by atoms with Crippen molar-refractivity contribution in [1.29, 1.82) is 0 Å². The number of hydrazone groups is 1. The van der Waals surface area contributed by atoms with E-state index in [-0.39, 0.29) is 88.3 Å². The van der Waals surface area contributed by atoms with Crippen LogP contribution in [0.25, 0.3) is 0 Å². The summed E-state index contributed by atoms with van der Waals surface area (Å²) in [5.41, 5.74) is 2.55. The van der Waals surface area contributed by atoms with Crippen molar-refractivity contribution in [2.45, 2.75) is 129 Å². The minimum absolute atomic E-state index is 0.0824. The van der Waals surface area contributed by atoms with Gasteiger partial charge in [0.15, 0.2) is 30.4 Å². The summed E-state index contributed by atoms with van der Waals surface area (Å²) in [6.07, 6.45) is 12.2. The Morgan fingerprint density at radius 3 is 1.46 bits per heavy atom. The van der Waals surface area contributed by atoms with Gasteiger partial charge in [0.05, 0.1) is 48.0 Å². The van der Waals surface area contributed by atoms with Crippen LogP contribution in [0.15, 0.2) is 28.4 Å². The second kappa shape index (κ2) is 19.3. The molecule has 0 aromatic rings. The highest BCUT2D eigenvalue weighted by molar-refractivity contribution is 5.99. The second-order valence-corrected chi connectivity index (χ2v) is 24.9. The molecule has 0 aromatic heterocycles. The molecule has 17 nitrogen and oxygen atoms in total. The van der Waals surface area contributed by atoms with Gasteiger partial charge in [-0.2, -0.15) is 5.10 Å². The molecule has 6 saturated carbocycles. The van der Waals surface area contributed by atoms with Crippen LogP contribution in [0.4, 0.5) is 0 Å². The maximum Gasteiger partial charge on any atom is 0.295 e. The van der Waals surface area contributed by atoms with Crippen molar-refractivity contribution in [2.75, 3.05) is 68.6 Å². The molecular formula is C52H82N6O11+2. The largest absolute Gasteiger partial charge is 0.388 e. The van der Waals surface area contributed by atoms with Gasteiger partial charge in [-0.3, -0.25) is 39.0 Å². The van der Waals surface area contributed by atoms with Gasteiger partial charge in [0, 0.05) is 41.9 Å². The minimum Gasteiger partial charge on any atom is -0.388 e. The summed E-state index contributed by atoms with van der Waals surface area (Å²) in [6, 6.07) is 0. The van der Waals surface area contributed by atoms with Gasteiger partial charge in [0.25, 0.3) is 11.8 Å². The standard InChI is InChI=1S/C26H39N3O5.C21H28O5.C5H13N3O/c1-24-10-8-17(27-28-22(33)14-29(3,4)5)12-16(24)6-7-18-19-9-11-26(34,21(32)15-30)25(19,2)13-20(31)23(18)24;1-19-7-5-13(23)9-12(19)3-4-14-15-6-8-21(26,17(25)11-22)20(15,2)10-16(24)18(14)19;1-8(2,3)4-5(9)7-6/h12,18-19,23,30,34H,6-11,13-15H2,1-5H3;9,14-15,18,22,26H,3-8,10-11H2,1-2H3;4,6H2,1-3H3/p+2/b27-17-;;/t18-,19-,23+,24-,25-,26-;14-,15-,18+,19-,20-,21-;/m00./s1. The zero-order valence-electron chi connectivity index (χ0n) is 42.9.